The summed E-state index contributed by atoms with van der Waals surface area (Å²) in [5.74, 6) is -0.347. The highest BCUT2D eigenvalue weighted by molar-refractivity contribution is 7.22. The van der Waals surface area contributed by atoms with Crippen LogP contribution in [-0.4, -0.2) is 24.0 Å². The first-order valence-corrected chi connectivity index (χ1v) is 9.12. The molecule has 0 atom stereocenters. The zero-order valence-corrected chi connectivity index (χ0v) is 14.8. The fraction of sp³-hybridized carbons (Fsp3) is 0.222. The largest absolute Gasteiger partial charge is 0.352 e. The maximum atomic E-state index is 13.7. The van der Waals surface area contributed by atoms with E-state index in [1.807, 2.05) is 23.1 Å². The summed E-state index contributed by atoms with van der Waals surface area (Å²) in [5.41, 5.74) is 1.41. The number of aromatic nitrogens is 1. The first kappa shape index (κ1) is 16.3. The van der Waals surface area contributed by atoms with Gasteiger partial charge in [0.05, 0.1) is 10.6 Å². The van der Waals surface area contributed by atoms with Gasteiger partial charge in [-0.2, -0.15) is 0 Å². The van der Waals surface area contributed by atoms with Crippen LogP contribution in [0.2, 0.25) is 5.02 Å². The van der Waals surface area contributed by atoms with Gasteiger partial charge in [0.1, 0.15) is 11.3 Å². The van der Waals surface area contributed by atoms with Crippen LogP contribution in [0.15, 0.2) is 42.5 Å². The van der Waals surface area contributed by atoms with Crippen LogP contribution < -0.4 is 10.2 Å². The highest BCUT2D eigenvalue weighted by Crippen LogP contribution is 2.33. The number of rotatable bonds is 4. The molecule has 1 saturated heterocycles. The highest BCUT2D eigenvalue weighted by atomic mass is 35.5. The summed E-state index contributed by atoms with van der Waals surface area (Å²) in [5, 5.41) is 4.39. The Morgan fingerprint density at radius 1 is 1.28 bits per heavy atom. The molecule has 1 amide bonds. The molecule has 2 heterocycles. The van der Waals surface area contributed by atoms with Crippen LogP contribution in [0, 0.1) is 11.7 Å². The third kappa shape index (κ3) is 3.32. The van der Waals surface area contributed by atoms with Gasteiger partial charge in [-0.1, -0.05) is 41.1 Å². The molecule has 0 bridgehead atoms. The van der Waals surface area contributed by atoms with Crippen LogP contribution in [0.1, 0.15) is 5.56 Å². The molecule has 1 fully saturated rings. The number of fused-ring (bicyclic) bond motifs is 1. The van der Waals surface area contributed by atoms with Gasteiger partial charge in [0.15, 0.2) is 5.13 Å². The zero-order valence-electron chi connectivity index (χ0n) is 13.2. The van der Waals surface area contributed by atoms with Crippen molar-refractivity contribution < 1.29 is 9.18 Å². The number of benzene rings is 2. The fourth-order valence-electron chi connectivity index (χ4n) is 2.77. The van der Waals surface area contributed by atoms with Gasteiger partial charge in [0.2, 0.25) is 5.91 Å². The molecule has 2 aromatic carbocycles. The maximum absolute atomic E-state index is 13.7. The normalized spacial score (nSPS) is 14.6. The quantitative estimate of drug-likeness (QED) is 0.753. The van der Waals surface area contributed by atoms with Gasteiger partial charge >= 0.3 is 0 Å². The summed E-state index contributed by atoms with van der Waals surface area (Å²) >= 11 is 7.30. The number of para-hydroxylation sites is 1. The van der Waals surface area contributed by atoms with E-state index in [2.05, 4.69) is 10.3 Å². The molecule has 25 heavy (non-hydrogen) atoms. The number of thiazole rings is 1. The van der Waals surface area contributed by atoms with Crippen molar-refractivity contribution in [1.82, 2.24) is 10.3 Å². The van der Waals surface area contributed by atoms with Crippen molar-refractivity contribution in [1.29, 1.82) is 0 Å². The van der Waals surface area contributed by atoms with Gasteiger partial charge in [0.25, 0.3) is 0 Å². The van der Waals surface area contributed by atoms with E-state index in [-0.39, 0.29) is 17.6 Å². The van der Waals surface area contributed by atoms with Crippen LogP contribution in [0.25, 0.3) is 10.2 Å². The SMILES string of the molecule is O=C(NCc1ccc(Cl)cc1)C1CN(c2nc3c(F)cccc3s2)C1. The van der Waals surface area contributed by atoms with E-state index in [0.717, 1.165) is 15.4 Å². The molecule has 0 radical (unpaired) electrons. The van der Waals surface area contributed by atoms with E-state index in [1.165, 1.54) is 17.4 Å². The smallest absolute Gasteiger partial charge is 0.226 e. The summed E-state index contributed by atoms with van der Waals surface area (Å²) < 4.78 is 14.6. The molecule has 3 aromatic rings. The molecule has 0 spiro atoms. The van der Waals surface area contributed by atoms with Crippen LogP contribution in [0.3, 0.4) is 0 Å². The van der Waals surface area contributed by atoms with E-state index in [1.54, 1.807) is 18.2 Å². The molecule has 1 aliphatic heterocycles. The Kier molecular flexibility index (Phi) is 4.31. The number of hydrogen-bond donors (Lipinski definition) is 1. The van der Waals surface area contributed by atoms with Crippen molar-refractivity contribution in [2.24, 2.45) is 5.92 Å². The van der Waals surface area contributed by atoms with E-state index >= 15 is 0 Å². The Labute approximate surface area is 153 Å². The number of nitrogens with one attached hydrogen (secondary N) is 1. The standard InChI is InChI=1S/C18H15ClFN3OS/c19-13-6-4-11(5-7-13)8-21-17(24)12-9-23(10-12)18-22-16-14(20)2-1-3-15(16)25-18/h1-7,12H,8-10H2,(H,21,24). The van der Waals surface area contributed by atoms with Crippen molar-refractivity contribution in [3.05, 3.63) is 58.9 Å². The average molecular weight is 376 g/mol. The molecular weight excluding hydrogens is 361 g/mol. The Balaban J connectivity index is 1.33. The predicted octanol–water partition coefficient (Wildman–Crippen LogP) is 3.84. The van der Waals surface area contributed by atoms with E-state index in [0.29, 0.717) is 30.2 Å². The van der Waals surface area contributed by atoms with Gasteiger partial charge in [-0.05, 0) is 29.8 Å². The summed E-state index contributed by atoms with van der Waals surface area (Å²) in [7, 11) is 0. The van der Waals surface area contributed by atoms with Crippen LogP contribution in [0.5, 0.6) is 0 Å². The number of carbonyl (C=O) groups excluding carboxylic acids is 1. The molecular formula is C18H15ClFN3OS. The second-order valence-corrected chi connectivity index (χ2v) is 7.47. The summed E-state index contributed by atoms with van der Waals surface area (Å²) in [6, 6.07) is 12.4. The maximum Gasteiger partial charge on any atom is 0.226 e. The van der Waals surface area contributed by atoms with E-state index in [4.69, 9.17) is 11.6 Å². The molecule has 0 unspecified atom stereocenters. The zero-order chi connectivity index (χ0) is 17.4. The molecule has 4 nitrogen and oxygen atoms in total. The summed E-state index contributed by atoms with van der Waals surface area (Å²) in [6.07, 6.45) is 0. The lowest BCUT2D eigenvalue weighted by Crippen LogP contribution is -2.53. The lowest BCUT2D eigenvalue weighted by molar-refractivity contribution is -0.125. The monoisotopic (exact) mass is 375 g/mol. The predicted molar refractivity (Wildman–Crippen MR) is 98.6 cm³/mol. The third-order valence-electron chi connectivity index (χ3n) is 4.26. The Morgan fingerprint density at radius 2 is 2.04 bits per heavy atom. The molecule has 0 aliphatic carbocycles. The molecule has 1 aromatic heterocycles. The molecule has 1 aliphatic rings. The first-order chi connectivity index (χ1) is 12.1. The number of nitrogens with zero attached hydrogens (tertiary/aromatic N) is 2. The minimum Gasteiger partial charge on any atom is -0.352 e. The fourth-order valence-corrected chi connectivity index (χ4v) is 3.90. The number of hydrogen-bond acceptors (Lipinski definition) is 4. The number of carbonyl (C=O) groups is 1. The summed E-state index contributed by atoms with van der Waals surface area (Å²) in [4.78, 5) is 18.6. The second kappa shape index (κ2) is 6.61. The van der Waals surface area contributed by atoms with Gasteiger partial charge in [0, 0.05) is 24.7 Å². The number of halogens is 2. The molecule has 0 saturated carbocycles. The lowest BCUT2D eigenvalue weighted by Gasteiger charge is -2.37. The Bertz CT molecular complexity index is 922. The second-order valence-electron chi connectivity index (χ2n) is 6.03. The van der Waals surface area contributed by atoms with Gasteiger partial charge < -0.3 is 10.2 Å². The van der Waals surface area contributed by atoms with Crippen LogP contribution in [0.4, 0.5) is 9.52 Å². The van der Waals surface area contributed by atoms with Crippen molar-refractivity contribution in [3.63, 3.8) is 0 Å². The van der Waals surface area contributed by atoms with Gasteiger partial charge in [-0.25, -0.2) is 9.37 Å². The van der Waals surface area contributed by atoms with Crippen LogP contribution >= 0.6 is 22.9 Å². The lowest BCUT2D eigenvalue weighted by atomic mass is 10.00. The Hall–Kier alpha value is -2.18. The molecule has 4 rings (SSSR count). The van der Waals surface area contributed by atoms with Crippen molar-refractivity contribution in [3.8, 4) is 0 Å². The Morgan fingerprint density at radius 3 is 2.76 bits per heavy atom. The minimum atomic E-state index is -0.308. The average Bonchev–Trinajstić information content (AvgIpc) is 2.98. The molecule has 7 heteroatoms. The van der Waals surface area contributed by atoms with Crippen molar-refractivity contribution >= 4 is 44.2 Å². The number of amides is 1. The number of anilines is 1. The minimum absolute atomic E-state index is 0.0264. The van der Waals surface area contributed by atoms with Crippen molar-refractivity contribution in [2.75, 3.05) is 18.0 Å². The highest BCUT2D eigenvalue weighted by Gasteiger charge is 2.34. The van der Waals surface area contributed by atoms with Crippen LogP contribution in [-0.2, 0) is 11.3 Å². The third-order valence-corrected chi connectivity index (χ3v) is 5.59. The summed E-state index contributed by atoms with van der Waals surface area (Å²) in [6.45, 7) is 1.70. The van der Waals surface area contributed by atoms with Crippen molar-refractivity contribution in [2.45, 2.75) is 6.54 Å². The first-order valence-electron chi connectivity index (χ1n) is 7.92. The molecule has 1 N–H and O–H groups in total. The topological polar surface area (TPSA) is 45.2 Å². The van der Waals surface area contributed by atoms with Gasteiger partial charge in [-0.15, -0.1) is 0 Å². The van der Waals surface area contributed by atoms with E-state index in [9.17, 15) is 9.18 Å². The van der Waals surface area contributed by atoms with Gasteiger partial charge in [-0.3, -0.25) is 4.79 Å². The van der Waals surface area contributed by atoms with E-state index < -0.39 is 0 Å². The molecule has 128 valence electrons.